The number of benzene rings is 1. The van der Waals surface area contributed by atoms with E-state index in [9.17, 15) is 38.7 Å². The van der Waals surface area contributed by atoms with Gasteiger partial charge in [-0.15, -0.1) is 0 Å². The summed E-state index contributed by atoms with van der Waals surface area (Å²) in [7, 11) is 0. The van der Waals surface area contributed by atoms with Gasteiger partial charge in [0.25, 0.3) is 0 Å². The van der Waals surface area contributed by atoms with E-state index in [2.05, 4.69) is 6.58 Å². The third-order valence-electron chi connectivity index (χ3n) is 10.1. The van der Waals surface area contributed by atoms with Crippen LogP contribution in [0.3, 0.4) is 0 Å². The zero-order chi connectivity index (χ0) is 39.1. The van der Waals surface area contributed by atoms with E-state index < -0.39 is 113 Å². The highest BCUT2D eigenvalue weighted by Crippen LogP contribution is 2.60. The number of esters is 6. The van der Waals surface area contributed by atoms with E-state index in [1.165, 1.54) is 32.9 Å². The number of aliphatic hydroxyl groups is 1. The zero-order valence-electron chi connectivity index (χ0n) is 30.7. The normalized spacial score (nSPS) is 35.2. The molecular formula is C37H46O15. The summed E-state index contributed by atoms with van der Waals surface area (Å²) in [6.07, 6.45) is -10.4. The molecule has 3 aliphatic rings. The van der Waals surface area contributed by atoms with Crippen LogP contribution in [0.1, 0.15) is 79.1 Å². The van der Waals surface area contributed by atoms with Gasteiger partial charge in [0.2, 0.25) is 5.79 Å². The maximum atomic E-state index is 14.4. The summed E-state index contributed by atoms with van der Waals surface area (Å²) in [6, 6.07) is 7.68. The van der Waals surface area contributed by atoms with Crippen molar-refractivity contribution in [1.82, 2.24) is 0 Å². The van der Waals surface area contributed by atoms with Crippen LogP contribution in [-0.4, -0.2) is 94.7 Å². The van der Waals surface area contributed by atoms with Gasteiger partial charge in [0, 0.05) is 45.6 Å². The second-order valence-corrected chi connectivity index (χ2v) is 14.3. The molecule has 284 valence electrons. The molecule has 1 aromatic rings. The SMILES string of the molecule is C=C1[C@H](OC(C)=O)[C@H]2C(OC(C)=O)C(C)C[C@]2(OC(C)=O)[C@]2(O)O[C@@H](C(=O)[C@H]2C)C(C)(C)C(OC(C)=O)[C@H](OC(=O)c2ccccc2)[C@H]1OC(C)=O. The molecule has 1 N–H and O–H groups in total. The van der Waals surface area contributed by atoms with Crippen LogP contribution in [-0.2, 0) is 61.9 Å². The minimum Gasteiger partial charge on any atom is -0.462 e. The van der Waals surface area contributed by atoms with Crippen molar-refractivity contribution < 1.29 is 71.8 Å². The average molecular weight is 731 g/mol. The highest BCUT2D eigenvalue weighted by molar-refractivity contribution is 5.90. The molecule has 1 aliphatic carbocycles. The molecule has 52 heavy (non-hydrogen) atoms. The van der Waals surface area contributed by atoms with E-state index in [4.69, 9.17) is 33.2 Å². The number of hydrogen-bond acceptors (Lipinski definition) is 15. The standard InChI is InChI=1S/C37H46O15/c1-17-16-36(51-24(8)42)26(28(17)46-20(4)38)29(47-21(5)39)18(2)30(48-22(6)40)31(50-34(44)25-14-12-11-13-15-25)33(49-23(7)41)35(9,10)32-27(43)19(3)37(36,45)52-32/h11-15,17,19,26,28-33,45H,2,16H2,1,3-10H3/t17?,19-,26-,28?,29+,30+,31-,32+,33?,36-,37-/m1/s1. The summed E-state index contributed by atoms with van der Waals surface area (Å²) in [5, 5.41) is 12.8. The fourth-order valence-corrected chi connectivity index (χ4v) is 7.99. The minimum absolute atomic E-state index is 0.0459. The Balaban J connectivity index is 2.16. The lowest BCUT2D eigenvalue weighted by Gasteiger charge is -2.49. The molecule has 1 saturated carbocycles. The number of Topliss-reactive ketones (excluding diaryl/α,β-unsaturated/α-hetero) is 1. The van der Waals surface area contributed by atoms with Crippen LogP contribution in [0.25, 0.3) is 0 Å². The predicted molar refractivity (Wildman–Crippen MR) is 177 cm³/mol. The average Bonchev–Trinajstić information content (AvgIpc) is 3.45. The number of ketones is 1. The highest BCUT2D eigenvalue weighted by atomic mass is 16.7. The molecule has 2 heterocycles. The van der Waals surface area contributed by atoms with E-state index in [-0.39, 0.29) is 17.6 Å². The predicted octanol–water partition coefficient (Wildman–Crippen LogP) is 2.79. The van der Waals surface area contributed by atoms with E-state index in [1.54, 1.807) is 25.1 Å². The van der Waals surface area contributed by atoms with Crippen LogP contribution < -0.4 is 0 Å². The first kappa shape index (κ1) is 40.1. The fourth-order valence-electron chi connectivity index (χ4n) is 7.99. The molecular weight excluding hydrogens is 684 g/mol. The summed E-state index contributed by atoms with van der Waals surface area (Å²) in [4.78, 5) is 92.5. The zero-order valence-corrected chi connectivity index (χ0v) is 30.7. The highest BCUT2D eigenvalue weighted by Gasteiger charge is 2.77. The molecule has 11 atom stereocenters. The molecule has 0 radical (unpaired) electrons. The van der Waals surface area contributed by atoms with Gasteiger partial charge < -0.3 is 38.3 Å². The summed E-state index contributed by atoms with van der Waals surface area (Å²) < 4.78 is 41.7. The molecule has 15 heteroatoms. The van der Waals surface area contributed by atoms with Crippen LogP contribution in [0, 0.1) is 23.2 Å². The molecule has 2 saturated heterocycles. The van der Waals surface area contributed by atoms with Crippen LogP contribution in [0.15, 0.2) is 42.5 Å². The molecule has 2 bridgehead atoms. The van der Waals surface area contributed by atoms with E-state index in [1.807, 2.05) is 0 Å². The first-order valence-corrected chi connectivity index (χ1v) is 16.9. The Morgan fingerprint density at radius 2 is 1.31 bits per heavy atom. The lowest BCUT2D eigenvalue weighted by atomic mass is 9.68. The van der Waals surface area contributed by atoms with Crippen LogP contribution in [0.5, 0.6) is 0 Å². The third-order valence-corrected chi connectivity index (χ3v) is 10.1. The fraction of sp³-hybridized carbons (Fsp3) is 0.595. The van der Waals surface area contributed by atoms with Crippen molar-refractivity contribution >= 4 is 41.6 Å². The van der Waals surface area contributed by atoms with Gasteiger partial charge in [-0.05, 0) is 24.5 Å². The quantitative estimate of drug-likeness (QED) is 0.243. The van der Waals surface area contributed by atoms with Crippen molar-refractivity contribution in [2.45, 2.75) is 117 Å². The number of ether oxygens (including phenoxy) is 7. The Morgan fingerprint density at radius 3 is 1.83 bits per heavy atom. The minimum atomic E-state index is -2.71. The van der Waals surface area contributed by atoms with Crippen LogP contribution >= 0.6 is 0 Å². The van der Waals surface area contributed by atoms with Crippen molar-refractivity contribution in [3.63, 3.8) is 0 Å². The molecule has 4 rings (SSSR count). The molecule has 15 nitrogen and oxygen atoms in total. The van der Waals surface area contributed by atoms with Gasteiger partial charge in [0.1, 0.15) is 18.3 Å². The van der Waals surface area contributed by atoms with Gasteiger partial charge in [-0.25, -0.2) is 4.79 Å². The van der Waals surface area contributed by atoms with Crippen molar-refractivity contribution in [2.75, 3.05) is 0 Å². The Morgan fingerprint density at radius 1 is 0.769 bits per heavy atom. The molecule has 3 unspecified atom stereocenters. The Hall–Kier alpha value is -4.63. The lowest BCUT2D eigenvalue weighted by Crippen LogP contribution is -2.66. The van der Waals surface area contributed by atoms with Crippen molar-refractivity contribution in [3.8, 4) is 0 Å². The van der Waals surface area contributed by atoms with E-state index in [0.29, 0.717) is 0 Å². The van der Waals surface area contributed by atoms with E-state index in [0.717, 1.165) is 34.6 Å². The van der Waals surface area contributed by atoms with Crippen molar-refractivity contribution in [3.05, 3.63) is 48.0 Å². The van der Waals surface area contributed by atoms with Gasteiger partial charge >= 0.3 is 35.8 Å². The maximum absolute atomic E-state index is 14.4. The molecule has 3 fully saturated rings. The monoisotopic (exact) mass is 730 g/mol. The summed E-state index contributed by atoms with van der Waals surface area (Å²) >= 11 is 0. The van der Waals surface area contributed by atoms with Gasteiger partial charge in [-0.1, -0.05) is 52.5 Å². The number of fused-ring (bicyclic) bond motifs is 4. The maximum Gasteiger partial charge on any atom is 0.338 e. The molecule has 0 spiro atoms. The summed E-state index contributed by atoms with van der Waals surface area (Å²) in [5.74, 6) is -12.7. The molecule has 2 aliphatic heterocycles. The van der Waals surface area contributed by atoms with Gasteiger partial charge in [-0.2, -0.15) is 0 Å². The third kappa shape index (κ3) is 7.20. The number of rotatable bonds is 7. The van der Waals surface area contributed by atoms with Crippen LogP contribution in [0.2, 0.25) is 0 Å². The molecule has 0 aromatic heterocycles. The largest absolute Gasteiger partial charge is 0.462 e. The van der Waals surface area contributed by atoms with E-state index >= 15 is 0 Å². The smallest absolute Gasteiger partial charge is 0.338 e. The molecule has 0 amide bonds. The van der Waals surface area contributed by atoms with Crippen molar-refractivity contribution in [2.24, 2.45) is 23.2 Å². The lowest BCUT2D eigenvalue weighted by molar-refractivity contribution is -0.334. The first-order chi connectivity index (χ1) is 24.1. The Kier molecular flexibility index (Phi) is 11.4. The summed E-state index contributed by atoms with van der Waals surface area (Å²) in [5.41, 5.74) is -4.28. The second kappa shape index (κ2) is 14.8. The van der Waals surface area contributed by atoms with Gasteiger partial charge in [0.05, 0.1) is 17.4 Å². The van der Waals surface area contributed by atoms with Crippen molar-refractivity contribution in [1.29, 1.82) is 0 Å². The first-order valence-electron chi connectivity index (χ1n) is 16.9. The second-order valence-electron chi connectivity index (χ2n) is 14.3. The number of carbonyl (C=O) groups is 7. The molecule has 1 aromatic carbocycles. The summed E-state index contributed by atoms with van der Waals surface area (Å²) in [6.45, 7) is 15.4. The number of carbonyl (C=O) groups excluding carboxylic acids is 7. The topological polar surface area (TPSA) is 204 Å². The van der Waals surface area contributed by atoms with Gasteiger partial charge in [0.15, 0.2) is 29.7 Å². The Labute approximate surface area is 301 Å². The number of hydrogen-bond donors (Lipinski definition) is 1. The Bertz CT molecular complexity index is 1630. The van der Waals surface area contributed by atoms with Gasteiger partial charge in [-0.3, -0.25) is 28.8 Å². The van der Waals surface area contributed by atoms with Crippen LogP contribution in [0.4, 0.5) is 0 Å².